The van der Waals surface area contributed by atoms with Crippen LogP contribution in [0.3, 0.4) is 0 Å². The molecule has 0 unspecified atom stereocenters. The summed E-state index contributed by atoms with van der Waals surface area (Å²) in [5.41, 5.74) is 1.88. The van der Waals surface area contributed by atoms with E-state index in [1.165, 1.54) is 18.9 Å². The largest absolute Gasteiger partial charge is 0.465 e. The van der Waals surface area contributed by atoms with Gasteiger partial charge < -0.3 is 4.74 Å². The first-order valence-corrected chi connectivity index (χ1v) is 5.74. The number of ether oxygens (including phenoxy) is 1. The van der Waals surface area contributed by atoms with Gasteiger partial charge in [0, 0.05) is 12.8 Å². The molecule has 2 rings (SSSR count). The van der Waals surface area contributed by atoms with Gasteiger partial charge in [0.1, 0.15) is 0 Å². The van der Waals surface area contributed by atoms with E-state index in [0.29, 0.717) is 17.9 Å². The highest BCUT2D eigenvalue weighted by atomic mass is 16.5. The lowest BCUT2D eigenvalue weighted by Gasteiger charge is -2.20. The van der Waals surface area contributed by atoms with E-state index in [9.17, 15) is 4.79 Å². The minimum atomic E-state index is -0.167. The van der Waals surface area contributed by atoms with Crippen LogP contribution in [-0.2, 0) is 9.53 Å². The molecule has 2 heteroatoms. The SMILES string of the molecule is CC(=O)OC[C@@H]1C[C@@H]2[C@H](C=C1C)C2(C)C. The van der Waals surface area contributed by atoms with Gasteiger partial charge in [-0.3, -0.25) is 4.79 Å². The molecule has 3 atom stereocenters. The van der Waals surface area contributed by atoms with E-state index in [0.717, 1.165) is 11.8 Å². The molecule has 2 nitrogen and oxygen atoms in total. The topological polar surface area (TPSA) is 26.3 Å². The van der Waals surface area contributed by atoms with E-state index < -0.39 is 0 Å². The number of rotatable bonds is 2. The number of fused-ring (bicyclic) bond motifs is 1. The lowest BCUT2D eigenvalue weighted by Crippen LogP contribution is -2.17. The Bertz CT molecular complexity index is 314. The van der Waals surface area contributed by atoms with Crippen molar-refractivity contribution in [3.8, 4) is 0 Å². The third-order valence-electron chi connectivity index (χ3n) is 4.25. The monoisotopic (exact) mass is 208 g/mol. The molecule has 0 N–H and O–H groups in total. The van der Waals surface area contributed by atoms with Crippen LogP contribution in [0, 0.1) is 23.2 Å². The summed E-state index contributed by atoms with van der Waals surface area (Å²) in [6.07, 6.45) is 3.58. The Labute approximate surface area is 91.7 Å². The first kappa shape index (κ1) is 10.7. The molecule has 0 aromatic carbocycles. The highest BCUT2D eigenvalue weighted by Crippen LogP contribution is 2.64. The van der Waals surface area contributed by atoms with Crippen molar-refractivity contribution in [1.29, 1.82) is 0 Å². The Morgan fingerprint density at radius 2 is 2.27 bits per heavy atom. The van der Waals surface area contributed by atoms with Gasteiger partial charge in [0.2, 0.25) is 0 Å². The zero-order valence-electron chi connectivity index (χ0n) is 10.0. The zero-order valence-corrected chi connectivity index (χ0v) is 10.0. The van der Waals surface area contributed by atoms with Crippen LogP contribution >= 0.6 is 0 Å². The maximum atomic E-state index is 10.8. The molecule has 2 aliphatic rings. The summed E-state index contributed by atoms with van der Waals surface area (Å²) in [7, 11) is 0. The highest BCUT2D eigenvalue weighted by molar-refractivity contribution is 5.65. The van der Waals surface area contributed by atoms with E-state index >= 15 is 0 Å². The van der Waals surface area contributed by atoms with Crippen LogP contribution in [0.5, 0.6) is 0 Å². The molecule has 0 amide bonds. The molecule has 0 heterocycles. The quantitative estimate of drug-likeness (QED) is 0.515. The first-order valence-electron chi connectivity index (χ1n) is 5.74. The summed E-state index contributed by atoms with van der Waals surface area (Å²) in [5, 5.41) is 0. The van der Waals surface area contributed by atoms with Crippen LogP contribution in [0.2, 0.25) is 0 Å². The van der Waals surface area contributed by atoms with Crippen molar-refractivity contribution < 1.29 is 9.53 Å². The van der Waals surface area contributed by atoms with E-state index in [1.807, 2.05) is 0 Å². The Hall–Kier alpha value is -0.790. The Balaban J connectivity index is 1.97. The molecule has 0 spiro atoms. The number of carbonyl (C=O) groups excluding carboxylic acids is 1. The van der Waals surface area contributed by atoms with E-state index in [-0.39, 0.29) is 5.97 Å². The van der Waals surface area contributed by atoms with Crippen molar-refractivity contribution in [1.82, 2.24) is 0 Å². The number of hydrogen-bond donors (Lipinski definition) is 0. The molecule has 15 heavy (non-hydrogen) atoms. The third kappa shape index (κ3) is 1.82. The van der Waals surface area contributed by atoms with Gasteiger partial charge in [0.25, 0.3) is 0 Å². The van der Waals surface area contributed by atoms with E-state index in [4.69, 9.17) is 4.74 Å². The van der Waals surface area contributed by atoms with Gasteiger partial charge in [-0.1, -0.05) is 25.5 Å². The average molecular weight is 208 g/mol. The van der Waals surface area contributed by atoms with Crippen LogP contribution in [0.1, 0.15) is 34.1 Å². The summed E-state index contributed by atoms with van der Waals surface area (Å²) in [6.45, 7) is 8.88. The van der Waals surface area contributed by atoms with Crippen LogP contribution in [0.4, 0.5) is 0 Å². The second kappa shape index (κ2) is 3.36. The van der Waals surface area contributed by atoms with Gasteiger partial charge in [-0.15, -0.1) is 0 Å². The summed E-state index contributed by atoms with van der Waals surface area (Å²) in [5.74, 6) is 1.87. The summed E-state index contributed by atoms with van der Waals surface area (Å²) < 4.78 is 5.11. The molecular formula is C13H20O2. The number of esters is 1. The molecule has 0 aliphatic heterocycles. The molecule has 0 bridgehead atoms. The lowest BCUT2D eigenvalue weighted by atomic mass is 9.89. The second-order valence-corrected chi connectivity index (χ2v) is 5.60. The fourth-order valence-corrected chi connectivity index (χ4v) is 2.90. The zero-order chi connectivity index (χ0) is 11.2. The minimum Gasteiger partial charge on any atom is -0.465 e. The Morgan fingerprint density at radius 3 is 2.87 bits per heavy atom. The van der Waals surface area contributed by atoms with Crippen LogP contribution in [0.15, 0.2) is 11.6 Å². The number of hydrogen-bond acceptors (Lipinski definition) is 2. The smallest absolute Gasteiger partial charge is 0.302 e. The van der Waals surface area contributed by atoms with Gasteiger partial charge in [0.05, 0.1) is 6.61 Å². The molecule has 1 saturated carbocycles. The first-order chi connectivity index (χ1) is 6.93. The fraction of sp³-hybridized carbons (Fsp3) is 0.769. The third-order valence-corrected chi connectivity index (χ3v) is 4.25. The fourth-order valence-electron chi connectivity index (χ4n) is 2.90. The summed E-state index contributed by atoms with van der Waals surface area (Å²) >= 11 is 0. The van der Waals surface area contributed by atoms with Gasteiger partial charge >= 0.3 is 5.97 Å². The maximum Gasteiger partial charge on any atom is 0.302 e. The molecule has 2 aliphatic carbocycles. The standard InChI is InChI=1S/C13H20O2/c1-8-5-11-12(13(11,3)4)6-10(8)7-15-9(2)14/h5,10-12H,6-7H2,1-4H3/t10-,11-,12+/m0/s1. The predicted molar refractivity (Wildman–Crippen MR) is 59.3 cm³/mol. The van der Waals surface area contributed by atoms with E-state index in [1.54, 1.807) is 0 Å². The number of allylic oxidation sites excluding steroid dienone is 1. The molecule has 84 valence electrons. The van der Waals surface area contributed by atoms with Crippen molar-refractivity contribution in [2.45, 2.75) is 34.1 Å². The Kier molecular flexibility index (Phi) is 2.40. The molecular weight excluding hydrogens is 188 g/mol. The van der Waals surface area contributed by atoms with Crippen molar-refractivity contribution in [2.24, 2.45) is 23.2 Å². The molecule has 1 fully saturated rings. The average Bonchev–Trinajstić information content (AvgIpc) is 2.64. The summed E-state index contributed by atoms with van der Waals surface area (Å²) in [4.78, 5) is 10.8. The maximum absolute atomic E-state index is 10.8. The van der Waals surface area contributed by atoms with Crippen LogP contribution < -0.4 is 0 Å². The van der Waals surface area contributed by atoms with Crippen molar-refractivity contribution in [3.05, 3.63) is 11.6 Å². The highest BCUT2D eigenvalue weighted by Gasteiger charge is 2.58. The molecule has 0 saturated heterocycles. The van der Waals surface area contributed by atoms with Gasteiger partial charge in [0.15, 0.2) is 0 Å². The van der Waals surface area contributed by atoms with Gasteiger partial charge in [-0.2, -0.15) is 0 Å². The van der Waals surface area contributed by atoms with Crippen molar-refractivity contribution in [3.63, 3.8) is 0 Å². The normalized spacial score (nSPS) is 36.5. The van der Waals surface area contributed by atoms with Crippen LogP contribution in [-0.4, -0.2) is 12.6 Å². The lowest BCUT2D eigenvalue weighted by molar-refractivity contribution is -0.142. The molecule has 0 radical (unpaired) electrons. The summed E-state index contributed by atoms with van der Waals surface area (Å²) in [6, 6.07) is 0. The molecule has 0 aromatic rings. The second-order valence-electron chi connectivity index (χ2n) is 5.60. The van der Waals surface area contributed by atoms with Crippen LogP contribution in [0.25, 0.3) is 0 Å². The van der Waals surface area contributed by atoms with E-state index in [2.05, 4.69) is 26.8 Å². The number of carbonyl (C=O) groups is 1. The van der Waals surface area contributed by atoms with Gasteiger partial charge in [-0.05, 0) is 30.6 Å². The molecule has 0 aromatic heterocycles. The Morgan fingerprint density at radius 1 is 1.60 bits per heavy atom. The minimum absolute atomic E-state index is 0.167. The van der Waals surface area contributed by atoms with Gasteiger partial charge in [-0.25, -0.2) is 0 Å². The predicted octanol–water partition coefficient (Wildman–Crippen LogP) is 2.79. The van der Waals surface area contributed by atoms with Crippen molar-refractivity contribution >= 4 is 5.97 Å². The van der Waals surface area contributed by atoms with Crippen molar-refractivity contribution in [2.75, 3.05) is 6.61 Å².